The molecule has 3 aliphatic carbocycles. The molecule has 1 saturated heterocycles. The first-order valence-electron chi connectivity index (χ1n) is 13.8. The molecule has 38 heavy (non-hydrogen) atoms. The number of rotatable bonds is 7. The van der Waals surface area contributed by atoms with Crippen LogP contribution in [0.15, 0.2) is 35.3 Å². The number of fused-ring (bicyclic) bond motifs is 1. The van der Waals surface area contributed by atoms with Gasteiger partial charge in [0.05, 0.1) is 30.1 Å². The van der Waals surface area contributed by atoms with Crippen molar-refractivity contribution in [3.63, 3.8) is 0 Å². The summed E-state index contributed by atoms with van der Waals surface area (Å²) >= 11 is 6.51. The monoisotopic (exact) mass is 550 g/mol. The summed E-state index contributed by atoms with van der Waals surface area (Å²) in [5.41, 5.74) is 0.517. The summed E-state index contributed by atoms with van der Waals surface area (Å²) in [5.74, 6) is 1.79. The van der Waals surface area contributed by atoms with Crippen molar-refractivity contribution in [2.24, 2.45) is 17.8 Å². The minimum Gasteiger partial charge on any atom is -0.382 e. The maximum absolute atomic E-state index is 13.1. The van der Waals surface area contributed by atoms with Gasteiger partial charge in [-0.2, -0.15) is 18.3 Å². The third kappa shape index (κ3) is 5.16. The summed E-state index contributed by atoms with van der Waals surface area (Å²) in [6.07, 6.45) is 5.16. The number of alkyl halides is 3. The van der Waals surface area contributed by atoms with E-state index in [1.54, 1.807) is 18.3 Å². The van der Waals surface area contributed by atoms with E-state index in [1.165, 1.54) is 29.7 Å². The number of hydrogen-bond acceptors (Lipinski definition) is 5. The van der Waals surface area contributed by atoms with Crippen molar-refractivity contribution in [2.75, 3.05) is 30.0 Å². The molecule has 2 heterocycles. The minimum absolute atomic E-state index is 0.0403. The number of aromatic nitrogens is 2. The molecule has 4 fully saturated rings. The van der Waals surface area contributed by atoms with E-state index in [0.717, 1.165) is 64.0 Å². The van der Waals surface area contributed by atoms with Crippen molar-refractivity contribution in [1.29, 1.82) is 0 Å². The van der Waals surface area contributed by atoms with Crippen molar-refractivity contribution in [3.05, 3.63) is 51.4 Å². The molecule has 3 saturated carbocycles. The average Bonchev–Trinajstić information content (AvgIpc) is 3.72. The number of halogens is 4. The van der Waals surface area contributed by atoms with Gasteiger partial charge in [0.15, 0.2) is 0 Å². The van der Waals surface area contributed by atoms with Gasteiger partial charge in [-0.3, -0.25) is 4.79 Å². The van der Waals surface area contributed by atoms with Crippen LogP contribution in [0.2, 0.25) is 5.02 Å². The highest BCUT2D eigenvalue weighted by Gasteiger charge is 2.40. The van der Waals surface area contributed by atoms with E-state index >= 15 is 0 Å². The first-order valence-corrected chi connectivity index (χ1v) is 14.2. The van der Waals surface area contributed by atoms with Crippen LogP contribution in [0.4, 0.5) is 24.5 Å². The lowest BCUT2D eigenvalue weighted by atomic mass is 9.66. The second-order valence-electron chi connectivity index (χ2n) is 11.4. The molecule has 0 bridgehead atoms. The highest BCUT2D eigenvalue weighted by molar-refractivity contribution is 6.32. The molecule has 1 aromatic heterocycles. The molecular weight excluding hydrogens is 517 g/mol. The van der Waals surface area contributed by atoms with E-state index in [-0.39, 0.29) is 22.7 Å². The second-order valence-corrected chi connectivity index (χ2v) is 11.8. The topological polar surface area (TPSA) is 59.4 Å². The van der Waals surface area contributed by atoms with Crippen molar-refractivity contribution in [1.82, 2.24) is 9.78 Å². The maximum Gasteiger partial charge on any atom is 0.416 e. The molecule has 0 radical (unpaired) electrons. The largest absolute Gasteiger partial charge is 0.416 e. The lowest BCUT2D eigenvalue weighted by Crippen LogP contribution is -2.45. The Kier molecular flexibility index (Phi) is 7.10. The van der Waals surface area contributed by atoms with Crippen molar-refractivity contribution >= 4 is 23.0 Å². The van der Waals surface area contributed by atoms with Crippen LogP contribution in [0.3, 0.4) is 0 Å². The zero-order valence-corrected chi connectivity index (χ0v) is 22.1. The molecule has 1 aromatic carbocycles. The number of ether oxygens (including phenoxy) is 1. The summed E-state index contributed by atoms with van der Waals surface area (Å²) in [6.45, 7) is 2.33. The van der Waals surface area contributed by atoms with E-state index in [0.29, 0.717) is 29.5 Å². The Bertz CT molecular complexity index is 1190. The number of anilines is 2. The average molecular weight is 551 g/mol. The van der Waals surface area contributed by atoms with Crippen molar-refractivity contribution in [3.8, 4) is 0 Å². The van der Waals surface area contributed by atoms with E-state index in [4.69, 9.17) is 16.3 Å². The molecule has 0 spiro atoms. The molecule has 6 rings (SSSR count). The minimum atomic E-state index is -4.34. The third-order valence-corrected chi connectivity index (χ3v) is 9.45. The molecule has 3 atom stereocenters. The van der Waals surface area contributed by atoms with Crippen LogP contribution in [0.1, 0.15) is 63.0 Å². The predicted octanol–water partition coefficient (Wildman–Crippen LogP) is 6.15. The van der Waals surface area contributed by atoms with Crippen LogP contribution in [-0.2, 0) is 10.9 Å². The zero-order chi connectivity index (χ0) is 26.4. The van der Waals surface area contributed by atoms with Gasteiger partial charge in [-0.15, -0.1) is 0 Å². The maximum atomic E-state index is 13.1. The van der Waals surface area contributed by atoms with E-state index in [2.05, 4.69) is 15.3 Å². The lowest BCUT2D eigenvalue weighted by Gasteiger charge is -2.45. The van der Waals surface area contributed by atoms with Gasteiger partial charge in [0.2, 0.25) is 0 Å². The van der Waals surface area contributed by atoms with Crippen LogP contribution in [0.5, 0.6) is 0 Å². The zero-order valence-electron chi connectivity index (χ0n) is 21.3. The molecule has 1 aliphatic heterocycles. The molecular formula is C28H34ClF3N4O2. The summed E-state index contributed by atoms with van der Waals surface area (Å²) < 4.78 is 46.4. The Morgan fingerprint density at radius 2 is 1.68 bits per heavy atom. The molecule has 1 N–H and O–H groups in total. The Morgan fingerprint density at radius 1 is 1.00 bits per heavy atom. The van der Waals surface area contributed by atoms with Crippen LogP contribution < -0.4 is 15.8 Å². The molecule has 0 unspecified atom stereocenters. The van der Waals surface area contributed by atoms with Crippen LogP contribution in [-0.4, -0.2) is 41.6 Å². The summed E-state index contributed by atoms with van der Waals surface area (Å²) in [4.78, 5) is 15.4. The number of benzene rings is 1. The Balaban J connectivity index is 1.09. The van der Waals surface area contributed by atoms with Crippen molar-refractivity contribution in [2.45, 2.75) is 75.7 Å². The molecule has 0 amide bonds. The lowest BCUT2D eigenvalue weighted by molar-refractivity contribution is -0.137. The standard InChI is InChI=1S/C28H34ClF3N4O2/c29-26-25(33-13-18-16-38-15-17-1-12-24(17)18)14-34-36(27(26)37)23-10-8-22(9-11-23)35(21-6-7-21)20-4-2-19(3-5-20)28(30,31)32/h2-5,14,17-18,21-24,33H,1,6-13,15-16H2/t17-,18+,22?,23?,24-/m1/s1. The van der Waals surface area contributed by atoms with Crippen LogP contribution in [0, 0.1) is 17.8 Å². The van der Waals surface area contributed by atoms with E-state index in [9.17, 15) is 18.0 Å². The predicted molar refractivity (Wildman–Crippen MR) is 141 cm³/mol. The number of hydrogen-bond donors (Lipinski definition) is 1. The van der Waals surface area contributed by atoms with E-state index in [1.807, 2.05) is 0 Å². The van der Waals surface area contributed by atoms with Gasteiger partial charge in [0.25, 0.3) is 5.56 Å². The quantitative estimate of drug-likeness (QED) is 0.448. The second kappa shape index (κ2) is 10.4. The Morgan fingerprint density at radius 3 is 2.29 bits per heavy atom. The highest BCUT2D eigenvalue weighted by Crippen LogP contribution is 2.43. The fourth-order valence-electron chi connectivity index (χ4n) is 6.67. The first-order chi connectivity index (χ1) is 18.3. The number of nitrogens with zero attached hydrogens (tertiary/aromatic N) is 3. The molecule has 10 heteroatoms. The Labute approximate surface area is 225 Å². The first kappa shape index (κ1) is 26.0. The SMILES string of the molecule is O=c1c(Cl)c(NC[C@H]2COC[C@H]3CC[C@H]32)cnn1C1CCC(N(c2ccc(C(F)(F)F)cc2)C2CC2)CC1. The van der Waals surface area contributed by atoms with Gasteiger partial charge in [-0.05, 0) is 87.5 Å². The highest BCUT2D eigenvalue weighted by atomic mass is 35.5. The van der Waals surface area contributed by atoms with E-state index < -0.39 is 11.7 Å². The van der Waals surface area contributed by atoms with Gasteiger partial charge >= 0.3 is 6.18 Å². The summed E-state index contributed by atoms with van der Waals surface area (Å²) in [5, 5.41) is 8.01. The molecule has 4 aliphatic rings. The number of nitrogens with one attached hydrogen (secondary N) is 1. The third-order valence-electron chi connectivity index (χ3n) is 9.08. The fourth-order valence-corrected chi connectivity index (χ4v) is 6.87. The Hall–Kier alpha value is -2.26. The summed E-state index contributed by atoms with van der Waals surface area (Å²) in [7, 11) is 0. The fraction of sp³-hybridized carbons (Fsp3) is 0.643. The normalized spacial score (nSPS) is 29.3. The van der Waals surface area contributed by atoms with Gasteiger partial charge in [0, 0.05) is 36.8 Å². The van der Waals surface area contributed by atoms with Gasteiger partial charge in [0.1, 0.15) is 5.02 Å². The molecule has 2 aromatic rings. The smallest absolute Gasteiger partial charge is 0.382 e. The van der Waals surface area contributed by atoms with Gasteiger partial charge in [-0.25, -0.2) is 4.68 Å². The van der Waals surface area contributed by atoms with Crippen molar-refractivity contribution < 1.29 is 17.9 Å². The molecule has 206 valence electrons. The van der Waals surface area contributed by atoms with Crippen LogP contribution >= 0.6 is 11.6 Å². The van der Waals surface area contributed by atoms with Gasteiger partial charge < -0.3 is 15.0 Å². The molecule has 6 nitrogen and oxygen atoms in total. The summed E-state index contributed by atoms with van der Waals surface area (Å²) in [6, 6.07) is 6.09. The van der Waals surface area contributed by atoms with Gasteiger partial charge in [-0.1, -0.05) is 11.6 Å². The van der Waals surface area contributed by atoms with Crippen LogP contribution in [0.25, 0.3) is 0 Å².